The topological polar surface area (TPSA) is 12.0 Å². The van der Waals surface area contributed by atoms with E-state index in [1.807, 2.05) is 0 Å². The van der Waals surface area contributed by atoms with E-state index in [0.717, 1.165) is 11.8 Å². The number of thiophene rings is 1. The smallest absolute Gasteiger partial charge is 0.0420 e. The molecule has 1 aromatic rings. The van der Waals surface area contributed by atoms with Crippen LogP contribution in [0.1, 0.15) is 50.6 Å². The molecule has 96 valence electrons. The summed E-state index contributed by atoms with van der Waals surface area (Å²) in [4.78, 5) is 0. The summed E-state index contributed by atoms with van der Waals surface area (Å²) in [5.41, 5.74) is 1.47. The average molecular weight is 269 g/mol. The summed E-state index contributed by atoms with van der Waals surface area (Å²) in [6.45, 7) is 3.26. The normalized spacial score (nSPS) is 19.4. The van der Waals surface area contributed by atoms with Gasteiger partial charge in [0.2, 0.25) is 0 Å². The van der Waals surface area contributed by atoms with E-state index in [-0.39, 0.29) is 0 Å². The van der Waals surface area contributed by atoms with Gasteiger partial charge in [-0.2, -0.15) is 23.1 Å². The molecule has 0 bridgehead atoms. The van der Waals surface area contributed by atoms with Crippen molar-refractivity contribution < 1.29 is 0 Å². The number of hydrogen-bond acceptors (Lipinski definition) is 3. The molecule has 1 saturated carbocycles. The highest BCUT2D eigenvalue weighted by Gasteiger charge is 2.17. The van der Waals surface area contributed by atoms with Gasteiger partial charge in [-0.25, -0.2) is 0 Å². The zero-order valence-corrected chi connectivity index (χ0v) is 12.3. The van der Waals surface area contributed by atoms with E-state index in [1.165, 1.54) is 43.4 Å². The summed E-state index contributed by atoms with van der Waals surface area (Å²) >= 11 is 3.99. The van der Waals surface area contributed by atoms with Crippen LogP contribution in [0.15, 0.2) is 16.8 Å². The van der Waals surface area contributed by atoms with Gasteiger partial charge < -0.3 is 5.32 Å². The molecule has 1 N–H and O–H groups in total. The number of nitrogens with one attached hydrogen (secondary N) is 1. The summed E-state index contributed by atoms with van der Waals surface area (Å²) in [5.74, 6) is 1.23. The molecule has 1 heterocycles. The largest absolute Gasteiger partial charge is 0.309 e. The predicted molar refractivity (Wildman–Crippen MR) is 80.1 cm³/mol. The van der Waals surface area contributed by atoms with Gasteiger partial charge in [-0.05, 0) is 41.8 Å². The van der Waals surface area contributed by atoms with Crippen LogP contribution in [0.25, 0.3) is 0 Å². The Morgan fingerprint density at radius 3 is 2.88 bits per heavy atom. The molecule has 1 atom stereocenters. The van der Waals surface area contributed by atoms with Crippen LogP contribution in [0.3, 0.4) is 0 Å². The Bertz CT molecular complexity index is 291. The second kappa shape index (κ2) is 7.45. The van der Waals surface area contributed by atoms with Crippen molar-refractivity contribution in [2.75, 3.05) is 12.3 Å². The molecule has 1 fully saturated rings. The Morgan fingerprint density at radius 1 is 1.41 bits per heavy atom. The highest BCUT2D eigenvalue weighted by atomic mass is 32.2. The molecular formula is C14H23NS2. The van der Waals surface area contributed by atoms with Gasteiger partial charge in [-0.3, -0.25) is 0 Å². The molecule has 0 radical (unpaired) electrons. The van der Waals surface area contributed by atoms with Gasteiger partial charge in [0.25, 0.3) is 0 Å². The minimum atomic E-state index is 0.554. The zero-order valence-electron chi connectivity index (χ0n) is 10.7. The summed E-state index contributed by atoms with van der Waals surface area (Å²) < 4.78 is 0. The number of rotatable bonds is 6. The molecule has 1 nitrogen and oxygen atoms in total. The molecule has 0 amide bonds. The van der Waals surface area contributed by atoms with Crippen molar-refractivity contribution >= 4 is 23.1 Å². The lowest BCUT2D eigenvalue weighted by Crippen LogP contribution is -2.23. The molecule has 1 aliphatic rings. The van der Waals surface area contributed by atoms with Gasteiger partial charge in [0.05, 0.1) is 0 Å². The minimum Gasteiger partial charge on any atom is -0.309 e. The summed E-state index contributed by atoms with van der Waals surface area (Å²) in [5, 5.41) is 9.00. The van der Waals surface area contributed by atoms with E-state index in [9.17, 15) is 0 Å². The fourth-order valence-electron chi connectivity index (χ4n) is 2.46. The highest BCUT2D eigenvalue weighted by molar-refractivity contribution is 7.99. The Morgan fingerprint density at radius 2 is 2.24 bits per heavy atom. The molecule has 1 unspecified atom stereocenters. The summed E-state index contributed by atoms with van der Waals surface area (Å²) in [6, 6.07) is 2.82. The second-order valence-corrected chi connectivity index (χ2v) is 6.87. The van der Waals surface area contributed by atoms with E-state index in [1.54, 1.807) is 11.3 Å². The standard InChI is InChI=1S/C14H23NS2/c1-2-15-14(12-8-9-16-10-12)11-17-13-6-4-3-5-7-13/h8-10,13-15H,2-7,11H2,1H3. The molecule has 2 rings (SSSR count). The van der Waals surface area contributed by atoms with E-state index in [0.29, 0.717) is 6.04 Å². The monoisotopic (exact) mass is 269 g/mol. The highest BCUT2D eigenvalue weighted by Crippen LogP contribution is 2.31. The van der Waals surface area contributed by atoms with Crippen molar-refractivity contribution in [2.24, 2.45) is 0 Å². The quantitative estimate of drug-likeness (QED) is 0.818. The van der Waals surface area contributed by atoms with E-state index >= 15 is 0 Å². The second-order valence-electron chi connectivity index (χ2n) is 4.76. The van der Waals surface area contributed by atoms with Gasteiger partial charge >= 0.3 is 0 Å². The first-order chi connectivity index (χ1) is 8.40. The molecule has 17 heavy (non-hydrogen) atoms. The molecule has 1 aromatic heterocycles. The first kappa shape index (κ1) is 13.4. The third kappa shape index (κ3) is 4.31. The van der Waals surface area contributed by atoms with E-state index in [2.05, 4.69) is 40.8 Å². The Kier molecular flexibility index (Phi) is 5.89. The first-order valence-electron chi connectivity index (χ1n) is 6.77. The van der Waals surface area contributed by atoms with Crippen LogP contribution in [0.4, 0.5) is 0 Å². The van der Waals surface area contributed by atoms with E-state index in [4.69, 9.17) is 0 Å². The third-order valence-electron chi connectivity index (χ3n) is 3.45. The lowest BCUT2D eigenvalue weighted by molar-refractivity contribution is 0.514. The van der Waals surface area contributed by atoms with Crippen molar-refractivity contribution in [2.45, 2.75) is 50.3 Å². The van der Waals surface area contributed by atoms with Crippen LogP contribution in [-0.4, -0.2) is 17.5 Å². The third-order valence-corrected chi connectivity index (χ3v) is 5.62. The molecule has 0 saturated heterocycles. The minimum absolute atomic E-state index is 0.554. The van der Waals surface area contributed by atoms with Gasteiger partial charge in [0, 0.05) is 17.0 Å². The van der Waals surface area contributed by atoms with Gasteiger partial charge in [-0.1, -0.05) is 26.2 Å². The summed E-state index contributed by atoms with van der Waals surface area (Å²) in [6.07, 6.45) is 7.22. The Labute approximate surface area is 113 Å². The molecule has 1 aliphatic carbocycles. The number of thioether (sulfide) groups is 1. The van der Waals surface area contributed by atoms with Gasteiger partial charge in [0.1, 0.15) is 0 Å². The molecular weight excluding hydrogens is 246 g/mol. The van der Waals surface area contributed by atoms with Crippen LogP contribution >= 0.6 is 23.1 Å². The van der Waals surface area contributed by atoms with Crippen LogP contribution in [0.5, 0.6) is 0 Å². The molecule has 3 heteroatoms. The lowest BCUT2D eigenvalue weighted by Gasteiger charge is -2.24. The van der Waals surface area contributed by atoms with E-state index < -0.39 is 0 Å². The van der Waals surface area contributed by atoms with Crippen molar-refractivity contribution in [3.05, 3.63) is 22.4 Å². The van der Waals surface area contributed by atoms with Crippen molar-refractivity contribution in [3.63, 3.8) is 0 Å². The number of hydrogen-bond donors (Lipinski definition) is 1. The maximum absolute atomic E-state index is 3.61. The summed E-state index contributed by atoms with van der Waals surface area (Å²) in [7, 11) is 0. The first-order valence-corrected chi connectivity index (χ1v) is 8.76. The van der Waals surface area contributed by atoms with Crippen molar-refractivity contribution in [1.82, 2.24) is 5.32 Å². The lowest BCUT2D eigenvalue weighted by atomic mass is 10.0. The fraction of sp³-hybridized carbons (Fsp3) is 0.714. The van der Waals surface area contributed by atoms with Gasteiger partial charge in [0.15, 0.2) is 0 Å². The SMILES string of the molecule is CCNC(CSC1CCCCC1)c1ccsc1. The molecule has 0 spiro atoms. The average Bonchev–Trinajstić information content (AvgIpc) is 2.89. The maximum Gasteiger partial charge on any atom is 0.0420 e. The van der Waals surface area contributed by atoms with Gasteiger partial charge in [-0.15, -0.1) is 0 Å². The zero-order chi connectivity index (χ0) is 11.9. The fourth-order valence-corrected chi connectivity index (χ4v) is 4.61. The molecule has 0 aliphatic heterocycles. The van der Waals surface area contributed by atoms with Crippen LogP contribution in [0, 0.1) is 0 Å². The predicted octanol–water partition coefficient (Wildman–Crippen LogP) is 4.46. The Hall–Kier alpha value is 0.01000. The van der Waals surface area contributed by atoms with Crippen molar-refractivity contribution in [3.8, 4) is 0 Å². The van der Waals surface area contributed by atoms with Crippen LogP contribution < -0.4 is 5.32 Å². The van der Waals surface area contributed by atoms with Crippen LogP contribution in [-0.2, 0) is 0 Å². The Balaban J connectivity index is 1.81. The molecule has 0 aromatic carbocycles. The maximum atomic E-state index is 3.61. The van der Waals surface area contributed by atoms with Crippen molar-refractivity contribution in [1.29, 1.82) is 0 Å². The van der Waals surface area contributed by atoms with Crippen LogP contribution in [0.2, 0.25) is 0 Å².